The maximum Gasteiger partial charge on any atom is 0.240 e. The molecule has 1 amide bonds. The molecule has 0 saturated carbocycles. The Bertz CT molecular complexity index is 220. The van der Waals surface area contributed by atoms with Crippen LogP contribution in [0.15, 0.2) is 0 Å². The maximum absolute atomic E-state index is 11.6. The Labute approximate surface area is 92.6 Å². The summed E-state index contributed by atoms with van der Waals surface area (Å²) in [6.07, 6.45) is 1.15. The molecule has 15 heavy (non-hydrogen) atoms. The van der Waals surface area contributed by atoms with Crippen molar-refractivity contribution < 1.29 is 4.79 Å². The third-order valence-electron chi connectivity index (χ3n) is 3.34. The molecule has 1 heterocycles. The van der Waals surface area contributed by atoms with Gasteiger partial charge >= 0.3 is 0 Å². The topological polar surface area (TPSA) is 35.6 Å². The summed E-state index contributed by atoms with van der Waals surface area (Å²) in [7, 11) is 2.12. The summed E-state index contributed by atoms with van der Waals surface area (Å²) in [4.78, 5) is 15.8. The fourth-order valence-corrected chi connectivity index (χ4v) is 1.69. The molecule has 0 radical (unpaired) electrons. The van der Waals surface area contributed by atoms with Crippen LogP contribution < -0.4 is 5.32 Å². The Hall–Kier alpha value is -0.610. The van der Waals surface area contributed by atoms with Crippen molar-refractivity contribution in [2.24, 2.45) is 0 Å². The monoisotopic (exact) mass is 213 g/mol. The third kappa shape index (κ3) is 3.18. The van der Waals surface area contributed by atoms with Gasteiger partial charge in [-0.25, -0.2) is 0 Å². The molecule has 2 atom stereocenters. The Morgan fingerprint density at radius 3 is 2.80 bits per heavy atom. The minimum Gasteiger partial charge on any atom is -0.327 e. The quantitative estimate of drug-likeness (QED) is 0.722. The minimum absolute atomic E-state index is 0.00101. The molecule has 1 fully saturated rings. The Morgan fingerprint density at radius 1 is 1.67 bits per heavy atom. The number of likely N-dealkylation sites (N-methyl/N-ethyl adjacent to an activating group) is 1. The van der Waals surface area contributed by atoms with Crippen molar-refractivity contribution in [1.29, 1.82) is 0 Å². The van der Waals surface area contributed by atoms with E-state index in [2.05, 4.69) is 31.1 Å². The SMILES string of the molecule is CCC(C)N(C)CCN1CNC(C)C1=O. The zero-order valence-corrected chi connectivity index (χ0v) is 10.3. The molecule has 1 aliphatic rings. The van der Waals surface area contributed by atoms with Crippen molar-refractivity contribution in [1.82, 2.24) is 15.1 Å². The summed E-state index contributed by atoms with van der Waals surface area (Å²) >= 11 is 0. The number of nitrogens with zero attached hydrogens (tertiary/aromatic N) is 2. The van der Waals surface area contributed by atoms with Crippen LogP contribution in [0.2, 0.25) is 0 Å². The molecular weight excluding hydrogens is 190 g/mol. The molecule has 2 unspecified atom stereocenters. The zero-order chi connectivity index (χ0) is 11.4. The lowest BCUT2D eigenvalue weighted by Crippen LogP contribution is -2.38. The normalized spacial score (nSPS) is 23.9. The second-order valence-corrected chi connectivity index (χ2v) is 4.42. The van der Waals surface area contributed by atoms with Crippen molar-refractivity contribution in [3.63, 3.8) is 0 Å². The van der Waals surface area contributed by atoms with E-state index in [4.69, 9.17) is 0 Å². The van der Waals surface area contributed by atoms with Gasteiger partial charge in [0.25, 0.3) is 0 Å². The zero-order valence-electron chi connectivity index (χ0n) is 10.3. The maximum atomic E-state index is 11.6. The van der Waals surface area contributed by atoms with Gasteiger partial charge in [0, 0.05) is 19.1 Å². The highest BCUT2D eigenvalue weighted by Gasteiger charge is 2.26. The molecule has 0 aliphatic carbocycles. The van der Waals surface area contributed by atoms with Crippen LogP contribution in [0.3, 0.4) is 0 Å². The van der Waals surface area contributed by atoms with Crippen molar-refractivity contribution in [2.45, 2.75) is 39.3 Å². The van der Waals surface area contributed by atoms with Gasteiger partial charge in [0.2, 0.25) is 5.91 Å². The van der Waals surface area contributed by atoms with Crippen LogP contribution in [0.25, 0.3) is 0 Å². The second-order valence-electron chi connectivity index (χ2n) is 4.42. The van der Waals surface area contributed by atoms with E-state index in [1.807, 2.05) is 11.8 Å². The smallest absolute Gasteiger partial charge is 0.240 e. The van der Waals surface area contributed by atoms with Crippen LogP contribution in [-0.2, 0) is 4.79 Å². The van der Waals surface area contributed by atoms with Gasteiger partial charge in [0.15, 0.2) is 0 Å². The predicted octanol–water partition coefficient (Wildman–Crippen LogP) is 0.494. The van der Waals surface area contributed by atoms with Gasteiger partial charge in [-0.05, 0) is 27.3 Å². The number of rotatable bonds is 5. The molecule has 0 spiro atoms. The minimum atomic E-state index is -0.00101. The predicted molar refractivity (Wildman–Crippen MR) is 61.6 cm³/mol. The molecule has 0 aromatic heterocycles. The number of carbonyl (C=O) groups excluding carboxylic acids is 1. The number of carbonyl (C=O) groups is 1. The molecule has 1 N–H and O–H groups in total. The average Bonchev–Trinajstić information content (AvgIpc) is 2.55. The summed E-state index contributed by atoms with van der Waals surface area (Å²) in [6.45, 7) is 8.81. The van der Waals surface area contributed by atoms with E-state index in [1.54, 1.807) is 0 Å². The van der Waals surface area contributed by atoms with E-state index in [-0.39, 0.29) is 11.9 Å². The first kappa shape index (κ1) is 12.5. The summed E-state index contributed by atoms with van der Waals surface area (Å²) in [5, 5.41) is 3.14. The molecule has 0 aromatic carbocycles. The molecule has 1 rings (SSSR count). The van der Waals surface area contributed by atoms with E-state index in [1.165, 1.54) is 0 Å². The standard InChI is InChI=1S/C11H23N3O/c1-5-9(2)13(4)6-7-14-8-12-10(3)11(14)15/h9-10,12H,5-8H2,1-4H3. The van der Waals surface area contributed by atoms with Crippen LogP contribution in [0.5, 0.6) is 0 Å². The molecular formula is C11H23N3O. The van der Waals surface area contributed by atoms with Crippen LogP contribution in [0.1, 0.15) is 27.2 Å². The summed E-state index contributed by atoms with van der Waals surface area (Å²) in [5.74, 6) is 0.229. The van der Waals surface area contributed by atoms with E-state index in [0.717, 1.165) is 19.5 Å². The summed E-state index contributed by atoms with van der Waals surface area (Å²) < 4.78 is 0. The van der Waals surface area contributed by atoms with Gasteiger partial charge in [-0.3, -0.25) is 10.1 Å². The highest BCUT2D eigenvalue weighted by Crippen LogP contribution is 2.04. The first-order valence-electron chi connectivity index (χ1n) is 5.78. The number of hydrogen-bond acceptors (Lipinski definition) is 3. The van der Waals surface area contributed by atoms with Crippen molar-refractivity contribution in [3.8, 4) is 0 Å². The largest absolute Gasteiger partial charge is 0.327 e. The van der Waals surface area contributed by atoms with Crippen LogP contribution in [0, 0.1) is 0 Å². The van der Waals surface area contributed by atoms with Crippen LogP contribution >= 0.6 is 0 Å². The van der Waals surface area contributed by atoms with Gasteiger partial charge < -0.3 is 9.80 Å². The molecule has 4 heteroatoms. The first-order valence-corrected chi connectivity index (χ1v) is 5.78. The van der Waals surface area contributed by atoms with Gasteiger partial charge in [0.1, 0.15) is 0 Å². The van der Waals surface area contributed by atoms with Gasteiger partial charge in [-0.15, -0.1) is 0 Å². The lowest BCUT2D eigenvalue weighted by Gasteiger charge is -2.26. The summed E-state index contributed by atoms with van der Waals surface area (Å²) in [6, 6.07) is 0.590. The highest BCUT2D eigenvalue weighted by atomic mass is 16.2. The Balaban J connectivity index is 2.28. The Kier molecular flexibility index (Phi) is 4.54. The number of amides is 1. The Morgan fingerprint density at radius 2 is 2.33 bits per heavy atom. The number of hydrogen-bond donors (Lipinski definition) is 1. The van der Waals surface area contributed by atoms with Gasteiger partial charge in [-0.2, -0.15) is 0 Å². The van der Waals surface area contributed by atoms with Crippen LogP contribution in [0.4, 0.5) is 0 Å². The van der Waals surface area contributed by atoms with Gasteiger partial charge in [-0.1, -0.05) is 6.92 Å². The summed E-state index contributed by atoms with van der Waals surface area (Å²) in [5.41, 5.74) is 0. The van der Waals surface area contributed by atoms with E-state index >= 15 is 0 Å². The lowest BCUT2D eigenvalue weighted by molar-refractivity contribution is -0.128. The van der Waals surface area contributed by atoms with Crippen LogP contribution in [-0.4, -0.2) is 54.6 Å². The average molecular weight is 213 g/mol. The van der Waals surface area contributed by atoms with Crippen molar-refractivity contribution in [3.05, 3.63) is 0 Å². The molecule has 0 bridgehead atoms. The molecule has 88 valence electrons. The molecule has 4 nitrogen and oxygen atoms in total. The molecule has 0 aromatic rings. The molecule has 1 saturated heterocycles. The highest BCUT2D eigenvalue weighted by molar-refractivity contribution is 5.83. The lowest BCUT2D eigenvalue weighted by atomic mass is 10.2. The number of nitrogens with one attached hydrogen (secondary N) is 1. The van der Waals surface area contributed by atoms with Crippen molar-refractivity contribution in [2.75, 3.05) is 26.8 Å². The third-order valence-corrected chi connectivity index (χ3v) is 3.34. The van der Waals surface area contributed by atoms with Gasteiger partial charge in [0.05, 0.1) is 12.7 Å². The second kappa shape index (κ2) is 5.47. The molecule has 1 aliphatic heterocycles. The van der Waals surface area contributed by atoms with E-state index in [0.29, 0.717) is 12.7 Å². The van der Waals surface area contributed by atoms with E-state index in [9.17, 15) is 4.79 Å². The van der Waals surface area contributed by atoms with Crippen molar-refractivity contribution >= 4 is 5.91 Å². The first-order chi connectivity index (χ1) is 7.06. The fraction of sp³-hybridized carbons (Fsp3) is 0.909. The van der Waals surface area contributed by atoms with E-state index < -0.39 is 0 Å². The fourth-order valence-electron chi connectivity index (χ4n) is 1.69.